The Labute approximate surface area is 104 Å². The topological polar surface area (TPSA) is 169 Å². The van der Waals surface area contributed by atoms with Crippen LogP contribution in [0.25, 0.3) is 0 Å². The van der Waals surface area contributed by atoms with E-state index >= 15 is 0 Å². The number of carbonyl (C=O) groups is 3. The predicted octanol–water partition coefficient (Wildman–Crippen LogP) is -0.416. The van der Waals surface area contributed by atoms with E-state index in [4.69, 9.17) is 25.1 Å². The molecule has 0 atom stereocenters. The second-order valence-corrected chi connectivity index (χ2v) is 4.91. The molecule has 0 radical (unpaired) electrons. The number of hydrogen-bond acceptors (Lipinski definition) is 4. The Hall–Kier alpha value is -2.22. The first-order chi connectivity index (χ1) is 8.57. The van der Waals surface area contributed by atoms with Crippen molar-refractivity contribution >= 4 is 30.8 Å². The fourth-order valence-corrected chi connectivity index (χ4v) is 2.22. The van der Waals surface area contributed by atoms with E-state index in [0.29, 0.717) is 12.1 Å². The molecule has 0 fully saturated rings. The van der Waals surface area contributed by atoms with Crippen molar-refractivity contribution in [3.8, 4) is 0 Å². The molecule has 0 amide bonds. The maximum absolute atomic E-state index is 11.1. The van der Waals surface area contributed by atoms with Crippen molar-refractivity contribution in [1.29, 1.82) is 0 Å². The first-order valence-corrected chi connectivity index (χ1v) is 6.11. The highest BCUT2D eigenvalue weighted by atomic mass is 31.2. The lowest BCUT2D eigenvalue weighted by Crippen LogP contribution is -2.24. The van der Waals surface area contributed by atoms with Crippen LogP contribution in [0.4, 0.5) is 0 Å². The van der Waals surface area contributed by atoms with E-state index in [0.717, 1.165) is 0 Å². The van der Waals surface area contributed by atoms with Gasteiger partial charge in [0.05, 0.1) is 22.0 Å². The summed E-state index contributed by atoms with van der Waals surface area (Å²) < 4.78 is 11.1. The third-order valence-corrected chi connectivity index (χ3v) is 3.16. The molecule has 102 valence electrons. The molecule has 0 unspecified atom stereocenters. The highest BCUT2D eigenvalue weighted by Crippen LogP contribution is 2.36. The molecular weight excluding hydrogens is 283 g/mol. The van der Waals surface area contributed by atoms with Crippen LogP contribution in [0.15, 0.2) is 12.1 Å². The summed E-state index contributed by atoms with van der Waals surface area (Å²) >= 11 is 0. The molecule has 0 bridgehead atoms. The average molecular weight is 290 g/mol. The third-order valence-electron chi connectivity index (χ3n) is 2.16. The zero-order valence-electron chi connectivity index (χ0n) is 8.97. The van der Waals surface area contributed by atoms with Crippen molar-refractivity contribution in [1.82, 2.24) is 0 Å². The minimum atomic E-state index is -5.06. The fraction of sp³-hybridized carbons (Fsp3) is 0. The molecule has 0 aliphatic rings. The third kappa shape index (κ3) is 2.79. The molecule has 0 aromatic heterocycles. The summed E-state index contributed by atoms with van der Waals surface area (Å²) in [6, 6.07) is 1.22. The fourth-order valence-electron chi connectivity index (χ4n) is 1.45. The van der Waals surface area contributed by atoms with Crippen molar-refractivity contribution in [2.45, 2.75) is 0 Å². The van der Waals surface area contributed by atoms with E-state index in [2.05, 4.69) is 0 Å². The Bertz CT molecular complexity index is 627. The number of aromatic carboxylic acids is 3. The maximum Gasteiger partial charge on any atom is 0.357 e. The molecule has 0 aliphatic heterocycles. The zero-order valence-corrected chi connectivity index (χ0v) is 9.87. The minimum Gasteiger partial charge on any atom is -0.478 e. The van der Waals surface area contributed by atoms with Crippen molar-refractivity contribution in [2.75, 3.05) is 0 Å². The number of carboxylic acids is 3. The van der Waals surface area contributed by atoms with Crippen LogP contribution in [0.1, 0.15) is 31.1 Å². The normalized spacial score (nSPS) is 11.1. The van der Waals surface area contributed by atoms with Crippen LogP contribution in [0.5, 0.6) is 0 Å². The number of hydrogen-bond donors (Lipinski definition) is 5. The zero-order chi connectivity index (χ0) is 15.0. The number of carboxylic acid groups (broad SMARTS) is 3. The van der Waals surface area contributed by atoms with Crippen molar-refractivity contribution in [3.05, 3.63) is 28.8 Å². The Morgan fingerprint density at radius 3 is 1.63 bits per heavy atom. The highest BCUT2D eigenvalue weighted by molar-refractivity contribution is 7.60. The van der Waals surface area contributed by atoms with Gasteiger partial charge in [0, 0.05) is 0 Å². The van der Waals surface area contributed by atoms with E-state index < -0.39 is 47.5 Å². The Morgan fingerprint density at radius 1 is 0.842 bits per heavy atom. The molecule has 0 saturated carbocycles. The van der Waals surface area contributed by atoms with Gasteiger partial charge in [-0.15, -0.1) is 0 Å². The van der Waals surface area contributed by atoms with Gasteiger partial charge in [0.1, 0.15) is 0 Å². The minimum absolute atomic E-state index is 0.583. The van der Waals surface area contributed by atoms with E-state index in [1.165, 1.54) is 0 Å². The van der Waals surface area contributed by atoms with Crippen LogP contribution >= 0.6 is 7.60 Å². The largest absolute Gasteiger partial charge is 0.478 e. The van der Waals surface area contributed by atoms with Crippen molar-refractivity contribution in [2.24, 2.45) is 0 Å². The summed E-state index contributed by atoms with van der Waals surface area (Å²) in [5.74, 6) is -5.58. The molecule has 1 aromatic rings. The molecule has 19 heavy (non-hydrogen) atoms. The van der Waals surface area contributed by atoms with E-state index in [-0.39, 0.29) is 0 Å². The molecule has 1 aromatic carbocycles. The van der Waals surface area contributed by atoms with Gasteiger partial charge in [-0.05, 0) is 12.1 Å². The van der Waals surface area contributed by atoms with Gasteiger partial charge in [-0.25, -0.2) is 14.4 Å². The van der Waals surface area contributed by atoms with Crippen LogP contribution in [0.3, 0.4) is 0 Å². The number of rotatable bonds is 4. The summed E-state index contributed by atoms with van der Waals surface area (Å²) in [7, 11) is -5.06. The summed E-state index contributed by atoms with van der Waals surface area (Å²) in [5, 5.41) is 25.4. The van der Waals surface area contributed by atoms with Crippen LogP contribution in [-0.2, 0) is 4.57 Å². The Morgan fingerprint density at radius 2 is 1.32 bits per heavy atom. The monoisotopic (exact) mass is 290 g/mol. The van der Waals surface area contributed by atoms with Gasteiger partial charge in [-0.3, -0.25) is 4.57 Å². The predicted molar refractivity (Wildman–Crippen MR) is 59.0 cm³/mol. The van der Waals surface area contributed by atoms with Gasteiger partial charge in [-0.2, -0.15) is 0 Å². The van der Waals surface area contributed by atoms with Gasteiger partial charge in [0.15, 0.2) is 0 Å². The molecule has 5 N–H and O–H groups in total. The van der Waals surface area contributed by atoms with Crippen molar-refractivity contribution in [3.63, 3.8) is 0 Å². The quantitative estimate of drug-likeness (QED) is 0.462. The lowest BCUT2D eigenvalue weighted by atomic mass is 10.0. The molecule has 10 heteroatoms. The Kier molecular flexibility index (Phi) is 3.75. The first kappa shape index (κ1) is 14.8. The summed E-state index contributed by atoms with van der Waals surface area (Å²) in [5.41, 5.74) is -3.29. The molecule has 0 heterocycles. The summed E-state index contributed by atoms with van der Waals surface area (Å²) in [6.07, 6.45) is 0. The van der Waals surface area contributed by atoms with E-state index in [1.54, 1.807) is 0 Å². The smallest absolute Gasteiger partial charge is 0.357 e. The molecule has 1 rings (SSSR count). The van der Waals surface area contributed by atoms with E-state index in [9.17, 15) is 18.9 Å². The molecule has 0 aliphatic carbocycles. The molecule has 9 nitrogen and oxygen atoms in total. The second kappa shape index (κ2) is 4.81. The summed E-state index contributed by atoms with van der Waals surface area (Å²) in [6.45, 7) is 0. The van der Waals surface area contributed by atoms with Gasteiger partial charge >= 0.3 is 25.5 Å². The molecule has 0 saturated heterocycles. The van der Waals surface area contributed by atoms with E-state index in [1.807, 2.05) is 0 Å². The maximum atomic E-state index is 11.1. The van der Waals surface area contributed by atoms with Crippen LogP contribution in [-0.4, -0.2) is 43.0 Å². The van der Waals surface area contributed by atoms with Crippen LogP contribution in [0, 0.1) is 0 Å². The Balaban J connectivity index is 3.90. The van der Waals surface area contributed by atoms with Crippen LogP contribution < -0.4 is 5.30 Å². The number of benzene rings is 1. The van der Waals surface area contributed by atoms with Crippen LogP contribution in [0.2, 0.25) is 0 Å². The van der Waals surface area contributed by atoms with Gasteiger partial charge < -0.3 is 25.1 Å². The lowest BCUT2D eigenvalue weighted by molar-refractivity contribution is 0.0634. The second-order valence-electron chi connectivity index (χ2n) is 3.34. The first-order valence-electron chi connectivity index (χ1n) is 4.50. The standard InChI is InChI=1S/C9H7O9P/c10-7(11)3-1-2-4(19(16,17)18)6(9(14)15)5(3)8(12)13/h1-2H,(H,10,11)(H,12,13)(H,14,15)(H2,16,17,18). The van der Waals surface area contributed by atoms with Gasteiger partial charge in [-0.1, -0.05) is 0 Å². The lowest BCUT2D eigenvalue weighted by Gasteiger charge is -2.12. The van der Waals surface area contributed by atoms with Gasteiger partial charge in [0.2, 0.25) is 0 Å². The molecule has 0 spiro atoms. The SMILES string of the molecule is O=C(O)c1ccc(P(=O)(O)O)c(C(=O)O)c1C(=O)O. The van der Waals surface area contributed by atoms with Crippen molar-refractivity contribution < 1.29 is 44.1 Å². The van der Waals surface area contributed by atoms with Gasteiger partial charge in [0.25, 0.3) is 0 Å². The highest BCUT2D eigenvalue weighted by Gasteiger charge is 2.33. The summed E-state index contributed by atoms with van der Waals surface area (Å²) in [4.78, 5) is 50.7. The average Bonchev–Trinajstić information content (AvgIpc) is 2.25. The molecular formula is C9H7O9P.